The number of aryl methyl sites for hydroxylation is 1. The molecule has 1 aliphatic carbocycles. The molecule has 3 rings (SSSR count). The van der Waals surface area contributed by atoms with Gasteiger partial charge < -0.3 is 14.5 Å². The number of nitrogens with zero attached hydrogens (tertiary/aromatic N) is 2. The number of rotatable bonds is 4. The Labute approximate surface area is 153 Å². The monoisotopic (exact) mass is 383 g/mol. The summed E-state index contributed by atoms with van der Waals surface area (Å²) in [5.41, 5.74) is 1.46. The largest absolute Gasteiger partial charge is 0.451 e. The lowest BCUT2D eigenvalue weighted by Gasteiger charge is -2.33. The predicted octanol–water partition coefficient (Wildman–Crippen LogP) is 3.04. The van der Waals surface area contributed by atoms with Gasteiger partial charge in [-0.15, -0.1) is 0 Å². The Morgan fingerprint density at radius 2 is 2.04 bits per heavy atom. The van der Waals surface area contributed by atoms with E-state index in [0.29, 0.717) is 18.5 Å². The molecule has 0 spiro atoms. The van der Waals surface area contributed by atoms with Gasteiger partial charge in [0.2, 0.25) is 0 Å². The van der Waals surface area contributed by atoms with Crippen LogP contribution in [-0.2, 0) is 9.53 Å². The maximum absolute atomic E-state index is 13.1. The number of hydrogen-bond donors (Lipinski definition) is 1. The van der Waals surface area contributed by atoms with Gasteiger partial charge in [-0.25, -0.2) is 9.78 Å². The van der Waals surface area contributed by atoms with E-state index in [1.54, 1.807) is 16.5 Å². The van der Waals surface area contributed by atoms with E-state index in [0.717, 1.165) is 5.69 Å². The van der Waals surface area contributed by atoms with Gasteiger partial charge in [-0.05, 0) is 31.9 Å². The van der Waals surface area contributed by atoms with Crippen molar-refractivity contribution in [2.75, 3.05) is 6.61 Å². The average Bonchev–Trinajstić information content (AvgIpc) is 3.05. The Bertz CT molecular complexity index is 847. The van der Waals surface area contributed by atoms with E-state index in [4.69, 9.17) is 4.74 Å². The number of pyridine rings is 1. The molecule has 27 heavy (non-hydrogen) atoms. The molecule has 0 aromatic carbocycles. The molecular weight excluding hydrogens is 363 g/mol. The number of amides is 1. The van der Waals surface area contributed by atoms with Crippen molar-refractivity contribution in [1.29, 1.82) is 0 Å². The fourth-order valence-corrected chi connectivity index (χ4v) is 3.40. The molecule has 2 atom stereocenters. The summed E-state index contributed by atoms with van der Waals surface area (Å²) in [5.74, 6) is -3.11. The van der Waals surface area contributed by atoms with Gasteiger partial charge in [-0.2, -0.15) is 13.2 Å². The summed E-state index contributed by atoms with van der Waals surface area (Å²) in [5, 5.41) is 2.36. The van der Waals surface area contributed by atoms with Crippen LogP contribution in [0.25, 0.3) is 5.65 Å². The van der Waals surface area contributed by atoms with Gasteiger partial charge in [-0.1, -0.05) is 18.9 Å². The predicted molar refractivity (Wildman–Crippen MR) is 90.2 cm³/mol. The first kappa shape index (κ1) is 19.2. The summed E-state index contributed by atoms with van der Waals surface area (Å²) in [7, 11) is 0. The van der Waals surface area contributed by atoms with Gasteiger partial charge in [0.05, 0.1) is 5.92 Å². The number of esters is 1. The number of halogens is 3. The van der Waals surface area contributed by atoms with Crippen LogP contribution in [0.4, 0.5) is 13.2 Å². The van der Waals surface area contributed by atoms with Crippen LogP contribution in [0, 0.1) is 12.8 Å². The highest BCUT2D eigenvalue weighted by molar-refractivity contribution is 5.90. The molecule has 0 radical (unpaired) electrons. The van der Waals surface area contributed by atoms with Crippen LogP contribution in [0.15, 0.2) is 24.4 Å². The lowest BCUT2D eigenvalue weighted by Crippen LogP contribution is -2.48. The zero-order valence-corrected chi connectivity index (χ0v) is 14.8. The molecule has 1 saturated carbocycles. The Kier molecular flexibility index (Phi) is 5.38. The highest BCUT2D eigenvalue weighted by atomic mass is 19.4. The SMILES string of the molecule is Cc1cccc2nc(C(=O)OCC(=O)N[C@H]3CCCC[C@H]3C(F)(F)F)cn12. The number of ether oxygens (including phenoxy) is 1. The number of imidazole rings is 1. The van der Waals surface area contributed by atoms with E-state index < -0.39 is 36.6 Å². The van der Waals surface area contributed by atoms with Crippen molar-refractivity contribution in [3.8, 4) is 0 Å². The normalized spacial score (nSPS) is 20.4. The number of fused-ring (bicyclic) bond motifs is 1. The number of carbonyl (C=O) groups is 2. The third-order valence-electron chi connectivity index (χ3n) is 4.77. The molecule has 1 amide bonds. The van der Waals surface area contributed by atoms with E-state index >= 15 is 0 Å². The minimum atomic E-state index is -4.36. The van der Waals surface area contributed by atoms with Crippen molar-refractivity contribution < 1.29 is 27.5 Å². The Balaban J connectivity index is 1.58. The Hall–Kier alpha value is -2.58. The minimum Gasteiger partial charge on any atom is -0.451 e. The van der Waals surface area contributed by atoms with E-state index in [1.807, 2.05) is 13.0 Å². The van der Waals surface area contributed by atoms with E-state index in [1.165, 1.54) is 6.20 Å². The summed E-state index contributed by atoms with van der Waals surface area (Å²) >= 11 is 0. The third kappa shape index (κ3) is 4.40. The van der Waals surface area contributed by atoms with Crippen LogP contribution in [0.2, 0.25) is 0 Å². The lowest BCUT2D eigenvalue weighted by molar-refractivity contribution is -0.189. The van der Waals surface area contributed by atoms with Crippen molar-refractivity contribution in [2.24, 2.45) is 5.92 Å². The van der Waals surface area contributed by atoms with Crippen LogP contribution >= 0.6 is 0 Å². The fourth-order valence-electron chi connectivity index (χ4n) is 3.40. The molecule has 1 N–H and O–H groups in total. The highest BCUT2D eigenvalue weighted by Crippen LogP contribution is 2.37. The van der Waals surface area contributed by atoms with Gasteiger partial charge >= 0.3 is 12.1 Å². The molecule has 2 aromatic heterocycles. The molecule has 0 unspecified atom stereocenters. The molecule has 1 fully saturated rings. The second kappa shape index (κ2) is 7.58. The minimum absolute atomic E-state index is 0.00513. The van der Waals surface area contributed by atoms with Crippen molar-refractivity contribution in [2.45, 2.75) is 44.8 Å². The molecule has 9 heteroatoms. The van der Waals surface area contributed by atoms with Gasteiger partial charge in [0, 0.05) is 17.9 Å². The maximum Gasteiger partial charge on any atom is 0.393 e. The van der Waals surface area contributed by atoms with Gasteiger partial charge in [0.1, 0.15) is 5.65 Å². The zero-order valence-electron chi connectivity index (χ0n) is 14.8. The first-order valence-electron chi connectivity index (χ1n) is 8.73. The number of hydrogen-bond acceptors (Lipinski definition) is 4. The average molecular weight is 383 g/mol. The molecule has 2 aromatic rings. The number of alkyl halides is 3. The molecule has 1 aliphatic rings. The first-order valence-corrected chi connectivity index (χ1v) is 8.73. The maximum atomic E-state index is 13.1. The van der Waals surface area contributed by atoms with Crippen molar-refractivity contribution in [3.05, 3.63) is 35.8 Å². The van der Waals surface area contributed by atoms with E-state index in [9.17, 15) is 22.8 Å². The molecule has 6 nitrogen and oxygen atoms in total. The van der Waals surface area contributed by atoms with Crippen LogP contribution in [0.3, 0.4) is 0 Å². The number of aromatic nitrogens is 2. The second-order valence-corrected chi connectivity index (χ2v) is 6.70. The standard InChI is InChI=1S/C18H20F3N3O3/c1-11-5-4-8-15-22-14(9-24(11)15)17(26)27-10-16(25)23-13-7-3-2-6-12(13)18(19,20)21/h4-5,8-9,12-13H,2-3,6-7,10H2,1H3,(H,23,25)/t12-,13+/m1/s1. The lowest BCUT2D eigenvalue weighted by atomic mass is 9.84. The third-order valence-corrected chi connectivity index (χ3v) is 4.77. The smallest absolute Gasteiger partial charge is 0.393 e. The molecule has 0 saturated heterocycles. The van der Waals surface area contributed by atoms with Crippen molar-refractivity contribution in [3.63, 3.8) is 0 Å². The number of nitrogens with one attached hydrogen (secondary N) is 1. The Morgan fingerprint density at radius 3 is 2.74 bits per heavy atom. The summed E-state index contributed by atoms with van der Waals surface area (Å²) in [6, 6.07) is 4.37. The van der Waals surface area contributed by atoms with Gasteiger partial charge in [0.25, 0.3) is 5.91 Å². The first-order chi connectivity index (χ1) is 12.8. The van der Waals surface area contributed by atoms with Gasteiger partial charge in [-0.3, -0.25) is 4.79 Å². The van der Waals surface area contributed by atoms with Gasteiger partial charge in [0.15, 0.2) is 12.3 Å². The van der Waals surface area contributed by atoms with E-state index in [-0.39, 0.29) is 18.5 Å². The van der Waals surface area contributed by atoms with Crippen molar-refractivity contribution >= 4 is 17.5 Å². The van der Waals surface area contributed by atoms with Crippen LogP contribution < -0.4 is 5.32 Å². The van der Waals surface area contributed by atoms with Crippen molar-refractivity contribution in [1.82, 2.24) is 14.7 Å². The second-order valence-electron chi connectivity index (χ2n) is 6.70. The topological polar surface area (TPSA) is 72.7 Å². The molecule has 2 heterocycles. The van der Waals surface area contributed by atoms with Crippen LogP contribution in [0.1, 0.15) is 41.9 Å². The quantitative estimate of drug-likeness (QED) is 0.824. The van der Waals surface area contributed by atoms with E-state index in [2.05, 4.69) is 10.3 Å². The summed E-state index contributed by atoms with van der Waals surface area (Å²) in [4.78, 5) is 28.2. The molecule has 0 bridgehead atoms. The Morgan fingerprint density at radius 1 is 1.30 bits per heavy atom. The molecular formula is C18H20F3N3O3. The molecule has 146 valence electrons. The van der Waals surface area contributed by atoms with Crippen LogP contribution in [-0.4, -0.2) is 40.1 Å². The fraction of sp³-hybridized carbons (Fsp3) is 0.500. The van der Waals surface area contributed by atoms with Crippen LogP contribution in [0.5, 0.6) is 0 Å². The number of carbonyl (C=O) groups excluding carboxylic acids is 2. The summed E-state index contributed by atoms with van der Waals surface area (Å²) < 4.78 is 45.8. The zero-order chi connectivity index (χ0) is 19.6. The molecule has 0 aliphatic heterocycles. The summed E-state index contributed by atoms with van der Waals surface area (Å²) in [6.45, 7) is 1.20. The summed E-state index contributed by atoms with van der Waals surface area (Å²) in [6.07, 6.45) is -1.50. The highest BCUT2D eigenvalue weighted by Gasteiger charge is 2.45.